The average molecular weight is 264 g/mol. The Bertz CT molecular complexity index is 403. The lowest BCUT2D eigenvalue weighted by Gasteiger charge is -2.29. The van der Waals surface area contributed by atoms with Gasteiger partial charge in [-0.05, 0) is 31.2 Å². The molecule has 1 amide bonds. The third-order valence-corrected chi connectivity index (χ3v) is 3.45. The van der Waals surface area contributed by atoms with E-state index in [2.05, 4.69) is 17.1 Å². The van der Waals surface area contributed by atoms with Crippen molar-refractivity contribution in [2.75, 3.05) is 20.6 Å². The van der Waals surface area contributed by atoms with Crippen LogP contribution in [0.3, 0.4) is 0 Å². The van der Waals surface area contributed by atoms with Gasteiger partial charge in [-0.3, -0.25) is 9.69 Å². The van der Waals surface area contributed by atoms with Crippen molar-refractivity contribution in [3.8, 4) is 5.75 Å². The van der Waals surface area contributed by atoms with Crippen molar-refractivity contribution in [3.05, 3.63) is 29.8 Å². The molecule has 0 fully saturated rings. The molecule has 0 aromatic heterocycles. The first-order chi connectivity index (χ1) is 8.99. The zero-order valence-electron chi connectivity index (χ0n) is 12.2. The van der Waals surface area contributed by atoms with E-state index in [0.717, 1.165) is 12.0 Å². The second-order valence-electron chi connectivity index (χ2n) is 4.97. The molecule has 0 bridgehead atoms. The molecule has 0 radical (unpaired) electrons. The maximum Gasteiger partial charge on any atom is 0.223 e. The van der Waals surface area contributed by atoms with Crippen LogP contribution in [0.2, 0.25) is 0 Å². The van der Waals surface area contributed by atoms with Gasteiger partial charge in [-0.25, -0.2) is 0 Å². The predicted molar refractivity (Wildman–Crippen MR) is 77.0 cm³/mol. The summed E-state index contributed by atoms with van der Waals surface area (Å²) in [6.45, 7) is 4.76. The number of aromatic hydroxyl groups is 1. The van der Waals surface area contributed by atoms with E-state index in [-0.39, 0.29) is 23.6 Å². The molecule has 1 aromatic rings. The van der Waals surface area contributed by atoms with Crippen molar-refractivity contribution in [3.63, 3.8) is 0 Å². The van der Waals surface area contributed by atoms with Crippen LogP contribution in [-0.2, 0) is 4.79 Å². The van der Waals surface area contributed by atoms with Crippen molar-refractivity contribution >= 4 is 5.91 Å². The maximum atomic E-state index is 11.6. The molecule has 4 heteroatoms. The van der Waals surface area contributed by atoms with Crippen LogP contribution in [0.15, 0.2) is 24.3 Å². The van der Waals surface area contributed by atoms with Crippen LogP contribution in [0.1, 0.15) is 31.9 Å². The lowest BCUT2D eigenvalue weighted by atomic mass is 10.0. The van der Waals surface area contributed by atoms with Gasteiger partial charge in [-0.2, -0.15) is 0 Å². The summed E-state index contributed by atoms with van der Waals surface area (Å²) in [7, 11) is 3.69. The summed E-state index contributed by atoms with van der Waals surface area (Å²) in [6, 6.07) is 7.53. The van der Waals surface area contributed by atoms with Gasteiger partial charge in [0, 0.05) is 25.6 Å². The van der Waals surface area contributed by atoms with Crippen LogP contribution < -0.4 is 5.32 Å². The highest BCUT2D eigenvalue weighted by Crippen LogP contribution is 2.25. The highest BCUT2D eigenvalue weighted by atomic mass is 16.3. The van der Waals surface area contributed by atoms with Gasteiger partial charge in [0.15, 0.2) is 0 Å². The number of nitrogens with zero attached hydrogens (tertiary/aromatic N) is 1. The van der Waals surface area contributed by atoms with Crippen molar-refractivity contribution in [2.24, 2.45) is 5.92 Å². The standard InChI is InChI=1S/C15H24N2O2/c1-5-14(12-6-8-13(18)9-7-12)17(4)10-11(2)15(19)16-3/h6-9,11,14,18H,5,10H2,1-4H3,(H,16,19). The Balaban J connectivity index is 2.74. The van der Waals surface area contributed by atoms with Gasteiger partial charge in [0.05, 0.1) is 0 Å². The van der Waals surface area contributed by atoms with E-state index in [0.29, 0.717) is 6.54 Å². The van der Waals surface area contributed by atoms with Crippen LogP contribution in [-0.4, -0.2) is 36.6 Å². The number of hydrogen-bond acceptors (Lipinski definition) is 3. The number of benzene rings is 1. The summed E-state index contributed by atoms with van der Waals surface area (Å²) in [4.78, 5) is 13.8. The largest absolute Gasteiger partial charge is 0.508 e. The second-order valence-corrected chi connectivity index (χ2v) is 4.97. The van der Waals surface area contributed by atoms with E-state index in [1.54, 1.807) is 19.2 Å². The summed E-state index contributed by atoms with van der Waals surface area (Å²) in [5.74, 6) is 0.300. The number of phenols is 1. The average Bonchev–Trinajstić information content (AvgIpc) is 2.40. The Hall–Kier alpha value is -1.55. The van der Waals surface area contributed by atoms with E-state index in [1.165, 1.54) is 0 Å². The maximum absolute atomic E-state index is 11.6. The second kappa shape index (κ2) is 7.14. The molecule has 0 spiro atoms. The molecular weight excluding hydrogens is 240 g/mol. The first kappa shape index (κ1) is 15.5. The Kier molecular flexibility index (Phi) is 5.83. The molecule has 1 rings (SSSR count). The Morgan fingerprint density at radius 2 is 1.95 bits per heavy atom. The summed E-state index contributed by atoms with van der Waals surface area (Å²) in [5.41, 5.74) is 1.16. The van der Waals surface area contributed by atoms with Crippen molar-refractivity contribution in [1.29, 1.82) is 0 Å². The van der Waals surface area contributed by atoms with Gasteiger partial charge in [0.1, 0.15) is 5.75 Å². The predicted octanol–water partition coefficient (Wildman–Crippen LogP) is 2.16. The lowest BCUT2D eigenvalue weighted by molar-refractivity contribution is -0.124. The zero-order valence-corrected chi connectivity index (χ0v) is 12.2. The third-order valence-electron chi connectivity index (χ3n) is 3.45. The number of amides is 1. The third kappa shape index (κ3) is 4.24. The minimum absolute atomic E-state index is 0.0406. The van der Waals surface area contributed by atoms with Crippen LogP contribution >= 0.6 is 0 Å². The van der Waals surface area contributed by atoms with E-state index in [1.807, 2.05) is 26.1 Å². The molecule has 0 aliphatic carbocycles. The van der Waals surface area contributed by atoms with Crippen molar-refractivity contribution < 1.29 is 9.90 Å². The molecule has 1 aromatic carbocycles. The molecule has 0 saturated heterocycles. The minimum atomic E-state index is -0.0406. The first-order valence-electron chi connectivity index (χ1n) is 6.70. The number of nitrogens with one attached hydrogen (secondary N) is 1. The molecule has 0 heterocycles. The van der Waals surface area contributed by atoms with Crippen LogP contribution in [0.5, 0.6) is 5.75 Å². The van der Waals surface area contributed by atoms with Crippen molar-refractivity contribution in [1.82, 2.24) is 10.2 Å². The zero-order chi connectivity index (χ0) is 14.4. The molecule has 2 unspecified atom stereocenters. The fourth-order valence-corrected chi connectivity index (χ4v) is 2.39. The van der Waals surface area contributed by atoms with E-state index in [9.17, 15) is 9.90 Å². The first-order valence-corrected chi connectivity index (χ1v) is 6.70. The summed E-state index contributed by atoms with van der Waals surface area (Å²) < 4.78 is 0. The fourth-order valence-electron chi connectivity index (χ4n) is 2.39. The summed E-state index contributed by atoms with van der Waals surface area (Å²) in [5, 5.41) is 12.0. The Morgan fingerprint density at radius 1 is 1.37 bits per heavy atom. The summed E-state index contributed by atoms with van der Waals surface area (Å²) >= 11 is 0. The lowest BCUT2D eigenvalue weighted by Crippen LogP contribution is -2.36. The molecule has 2 atom stereocenters. The van der Waals surface area contributed by atoms with Crippen molar-refractivity contribution in [2.45, 2.75) is 26.3 Å². The van der Waals surface area contributed by atoms with E-state index < -0.39 is 0 Å². The molecule has 0 aliphatic heterocycles. The highest BCUT2D eigenvalue weighted by molar-refractivity contribution is 5.78. The SMILES string of the molecule is CCC(c1ccc(O)cc1)N(C)CC(C)C(=O)NC. The Morgan fingerprint density at radius 3 is 2.42 bits per heavy atom. The molecule has 0 aliphatic rings. The number of carbonyl (C=O) groups excluding carboxylic acids is 1. The number of phenolic OH excluding ortho intramolecular Hbond substituents is 1. The topological polar surface area (TPSA) is 52.6 Å². The highest BCUT2D eigenvalue weighted by Gasteiger charge is 2.20. The van der Waals surface area contributed by atoms with Crippen LogP contribution in [0, 0.1) is 5.92 Å². The Labute approximate surface area is 115 Å². The van der Waals surface area contributed by atoms with Gasteiger partial charge in [0.25, 0.3) is 0 Å². The smallest absolute Gasteiger partial charge is 0.223 e. The van der Waals surface area contributed by atoms with Crippen LogP contribution in [0.4, 0.5) is 0 Å². The number of hydrogen-bond donors (Lipinski definition) is 2. The monoisotopic (exact) mass is 264 g/mol. The molecule has 2 N–H and O–H groups in total. The van der Waals surface area contributed by atoms with Gasteiger partial charge < -0.3 is 10.4 Å². The summed E-state index contributed by atoms with van der Waals surface area (Å²) in [6.07, 6.45) is 0.960. The normalized spacial score (nSPS) is 14.2. The van der Waals surface area contributed by atoms with Gasteiger partial charge in [0.2, 0.25) is 5.91 Å². The van der Waals surface area contributed by atoms with Crippen LogP contribution in [0.25, 0.3) is 0 Å². The number of carbonyl (C=O) groups is 1. The molecule has 19 heavy (non-hydrogen) atoms. The van der Waals surface area contributed by atoms with E-state index >= 15 is 0 Å². The molecule has 0 saturated carbocycles. The quantitative estimate of drug-likeness (QED) is 0.828. The van der Waals surface area contributed by atoms with Gasteiger partial charge in [-0.15, -0.1) is 0 Å². The van der Waals surface area contributed by atoms with Gasteiger partial charge in [-0.1, -0.05) is 26.0 Å². The minimum Gasteiger partial charge on any atom is -0.508 e. The van der Waals surface area contributed by atoms with Gasteiger partial charge >= 0.3 is 0 Å². The number of rotatable bonds is 6. The fraction of sp³-hybridized carbons (Fsp3) is 0.533. The molecule has 4 nitrogen and oxygen atoms in total. The molecule has 106 valence electrons. The van der Waals surface area contributed by atoms with E-state index in [4.69, 9.17) is 0 Å². The molecular formula is C15H24N2O2.